The number of aryl methyl sites for hydroxylation is 1. The molecule has 0 saturated heterocycles. The molecule has 0 atom stereocenters. The number of hydrogen-bond donors (Lipinski definition) is 0. The maximum atomic E-state index is 13.1. The summed E-state index contributed by atoms with van der Waals surface area (Å²) in [7, 11) is 0. The van der Waals surface area contributed by atoms with E-state index in [-0.39, 0.29) is 30.0 Å². The molecule has 0 N–H and O–H groups in total. The smallest absolute Gasteiger partial charge is 0.227 e. The Hall–Kier alpha value is -1.71. The number of anilines is 1. The Morgan fingerprint density at radius 1 is 1.33 bits per heavy atom. The van der Waals surface area contributed by atoms with Gasteiger partial charge in [-0.2, -0.15) is 0 Å². The van der Waals surface area contributed by atoms with Gasteiger partial charge in [0.15, 0.2) is 5.78 Å². The van der Waals surface area contributed by atoms with E-state index < -0.39 is 0 Å². The second-order valence-corrected chi connectivity index (χ2v) is 4.99. The molecule has 1 saturated carbocycles. The number of halogens is 1. The van der Waals surface area contributed by atoms with Crippen LogP contribution < -0.4 is 4.90 Å². The van der Waals surface area contributed by atoms with Crippen LogP contribution in [0.3, 0.4) is 0 Å². The first kappa shape index (κ1) is 11.4. The molecule has 0 radical (unpaired) electrons. The molecular formula is C14H14FNO2. The molecule has 1 fully saturated rings. The molecule has 94 valence electrons. The zero-order chi connectivity index (χ0) is 12.7. The van der Waals surface area contributed by atoms with Gasteiger partial charge in [0.05, 0.1) is 6.54 Å². The number of Topliss-reactive ketones (excluding diaryl/α,β-unsaturated/α-hetero) is 1. The fourth-order valence-corrected chi connectivity index (χ4v) is 2.39. The topological polar surface area (TPSA) is 37.4 Å². The van der Waals surface area contributed by atoms with Gasteiger partial charge in [-0.3, -0.25) is 9.59 Å². The van der Waals surface area contributed by atoms with Crippen LogP contribution in [0.5, 0.6) is 0 Å². The summed E-state index contributed by atoms with van der Waals surface area (Å²) in [6, 6.07) is 4.39. The van der Waals surface area contributed by atoms with Crippen LogP contribution in [0.15, 0.2) is 18.2 Å². The van der Waals surface area contributed by atoms with E-state index in [4.69, 9.17) is 0 Å². The molecule has 3 rings (SSSR count). The lowest BCUT2D eigenvalue weighted by molar-refractivity contribution is -0.123. The van der Waals surface area contributed by atoms with Crippen molar-refractivity contribution in [3.05, 3.63) is 29.6 Å². The number of hydrogen-bond acceptors (Lipinski definition) is 2. The number of rotatable bonds is 3. The highest BCUT2D eigenvalue weighted by atomic mass is 19.1. The molecule has 1 aromatic rings. The first-order chi connectivity index (χ1) is 8.65. The van der Waals surface area contributed by atoms with Crippen molar-refractivity contribution in [2.24, 2.45) is 5.92 Å². The van der Waals surface area contributed by atoms with E-state index in [1.165, 1.54) is 17.0 Å². The molecule has 1 aromatic carbocycles. The van der Waals surface area contributed by atoms with E-state index >= 15 is 0 Å². The second-order valence-electron chi connectivity index (χ2n) is 4.99. The first-order valence-corrected chi connectivity index (χ1v) is 6.26. The Morgan fingerprint density at radius 3 is 2.83 bits per heavy atom. The molecule has 3 nitrogen and oxygen atoms in total. The van der Waals surface area contributed by atoms with E-state index in [1.807, 2.05) is 0 Å². The minimum absolute atomic E-state index is 0.0388. The predicted molar refractivity (Wildman–Crippen MR) is 64.8 cm³/mol. The molecule has 0 spiro atoms. The number of amides is 1. The Morgan fingerprint density at radius 2 is 2.11 bits per heavy atom. The number of ketones is 1. The molecule has 4 heteroatoms. The maximum absolute atomic E-state index is 13.1. The molecule has 0 aromatic heterocycles. The standard InChI is InChI=1S/C14H14FNO2/c15-11-4-5-12-10(7-11)3-6-14(18)16(12)8-13(17)9-1-2-9/h4-5,7,9H,1-3,6,8H2. The molecule has 18 heavy (non-hydrogen) atoms. The van der Waals surface area contributed by atoms with E-state index in [0.29, 0.717) is 18.5 Å². The van der Waals surface area contributed by atoms with Gasteiger partial charge in [0.2, 0.25) is 5.91 Å². The van der Waals surface area contributed by atoms with Gasteiger partial charge in [-0.25, -0.2) is 4.39 Å². The predicted octanol–water partition coefficient (Wildman–Crippen LogP) is 2.08. The monoisotopic (exact) mass is 247 g/mol. The number of carbonyl (C=O) groups excluding carboxylic acids is 2. The quantitative estimate of drug-likeness (QED) is 0.820. The van der Waals surface area contributed by atoms with Crippen molar-refractivity contribution in [3.8, 4) is 0 Å². The average Bonchev–Trinajstić information content (AvgIpc) is 3.16. The van der Waals surface area contributed by atoms with Gasteiger partial charge in [-0.05, 0) is 43.0 Å². The Kier molecular flexibility index (Phi) is 2.65. The van der Waals surface area contributed by atoms with Crippen LogP contribution in [0.2, 0.25) is 0 Å². The second kappa shape index (κ2) is 4.19. The molecule has 1 aliphatic carbocycles. The largest absolute Gasteiger partial charge is 0.305 e. The third-order valence-corrected chi connectivity index (χ3v) is 3.59. The summed E-state index contributed by atoms with van der Waals surface area (Å²) in [6.07, 6.45) is 2.79. The summed E-state index contributed by atoms with van der Waals surface area (Å²) in [6.45, 7) is 0.141. The molecule has 1 aliphatic heterocycles. The van der Waals surface area contributed by atoms with E-state index in [2.05, 4.69) is 0 Å². The highest BCUT2D eigenvalue weighted by Crippen LogP contribution is 2.33. The fraction of sp³-hybridized carbons (Fsp3) is 0.429. The van der Waals surface area contributed by atoms with Crippen LogP contribution in [0.1, 0.15) is 24.8 Å². The number of carbonyl (C=O) groups is 2. The molecule has 1 amide bonds. The first-order valence-electron chi connectivity index (χ1n) is 6.26. The number of nitrogens with zero attached hydrogens (tertiary/aromatic N) is 1. The Balaban J connectivity index is 1.88. The SMILES string of the molecule is O=C(CN1C(=O)CCc2cc(F)ccc21)C1CC1. The van der Waals surface area contributed by atoms with Crippen LogP contribution >= 0.6 is 0 Å². The van der Waals surface area contributed by atoms with Crippen molar-refractivity contribution in [2.45, 2.75) is 25.7 Å². The molecule has 1 heterocycles. The molecule has 0 unspecified atom stereocenters. The summed E-state index contributed by atoms with van der Waals surface area (Å²) in [5.74, 6) is -0.0659. The van der Waals surface area contributed by atoms with Crippen molar-refractivity contribution in [1.29, 1.82) is 0 Å². The zero-order valence-corrected chi connectivity index (χ0v) is 9.99. The van der Waals surface area contributed by atoms with Gasteiger partial charge in [0, 0.05) is 18.0 Å². The van der Waals surface area contributed by atoms with Crippen molar-refractivity contribution in [3.63, 3.8) is 0 Å². The van der Waals surface area contributed by atoms with Crippen molar-refractivity contribution in [1.82, 2.24) is 0 Å². The van der Waals surface area contributed by atoms with Crippen molar-refractivity contribution in [2.75, 3.05) is 11.4 Å². The van der Waals surface area contributed by atoms with Gasteiger partial charge in [-0.1, -0.05) is 0 Å². The summed E-state index contributed by atoms with van der Waals surface area (Å²) in [5.41, 5.74) is 1.51. The zero-order valence-electron chi connectivity index (χ0n) is 9.99. The fourth-order valence-electron chi connectivity index (χ4n) is 2.39. The minimum atomic E-state index is -0.295. The normalized spacial score (nSPS) is 18.7. The van der Waals surface area contributed by atoms with Crippen LogP contribution in [0, 0.1) is 11.7 Å². The lowest BCUT2D eigenvalue weighted by atomic mass is 10.0. The van der Waals surface area contributed by atoms with Crippen LogP contribution in [-0.4, -0.2) is 18.2 Å². The molecule has 0 bridgehead atoms. The van der Waals surface area contributed by atoms with Gasteiger partial charge >= 0.3 is 0 Å². The third-order valence-electron chi connectivity index (χ3n) is 3.59. The van der Waals surface area contributed by atoms with Gasteiger partial charge < -0.3 is 4.90 Å². The van der Waals surface area contributed by atoms with Gasteiger partial charge in [0.25, 0.3) is 0 Å². The number of benzene rings is 1. The lowest BCUT2D eigenvalue weighted by Crippen LogP contribution is -2.39. The van der Waals surface area contributed by atoms with Crippen LogP contribution in [-0.2, 0) is 16.0 Å². The third kappa shape index (κ3) is 2.03. The molecular weight excluding hydrogens is 233 g/mol. The Bertz CT molecular complexity index is 523. The van der Waals surface area contributed by atoms with Crippen LogP contribution in [0.4, 0.5) is 10.1 Å². The van der Waals surface area contributed by atoms with E-state index in [0.717, 1.165) is 18.4 Å². The van der Waals surface area contributed by atoms with Crippen LogP contribution in [0.25, 0.3) is 0 Å². The van der Waals surface area contributed by atoms with Crippen molar-refractivity contribution >= 4 is 17.4 Å². The summed E-state index contributed by atoms with van der Waals surface area (Å²) >= 11 is 0. The summed E-state index contributed by atoms with van der Waals surface area (Å²) < 4.78 is 13.1. The number of fused-ring (bicyclic) bond motifs is 1. The average molecular weight is 247 g/mol. The lowest BCUT2D eigenvalue weighted by Gasteiger charge is -2.28. The summed E-state index contributed by atoms with van der Waals surface area (Å²) in [4.78, 5) is 25.2. The minimum Gasteiger partial charge on any atom is -0.305 e. The highest BCUT2D eigenvalue weighted by Gasteiger charge is 2.33. The van der Waals surface area contributed by atoms with Gasteiger partial charge in [-0.15, -0.1) is 0 Å². The Labute approximate surface area is 105 Å². The van der Waals surface area contributed by atoms with E-state index in [1.54, 1.807) is 6.07 Å². The van der Waals surface area contributed by atoms with Crippen molar-refractivity contribution < 1.29 is 14.0 Å². The van der Waals surface area contributed by atoms with Gasteiger partial charge in [0.1, 0.15) is 5.82 Å². The highest BCUT2D eigenvalue weighted by molar-refractivity contribution is 6.02. The maximum Gasteiger partial charge on any atom is 0.227 e. The van der Waals surface area contributed by atoms with E-state index in [9.17, 15) is 14.0 Å². The summed E-state index contributed by atoms with van der Waals surface area (Å²) in [5, 5.41) is 0. The molecule has 2 aliphatic rings.